The van der Waals surface area contributed by atoms with Crippen LogP contribution >= 0.6 is 0 Å². The van der Waals surface area contributed by atoms with Crippen molar-refractivity contribution in [1.82, 2.24) is 9.97 Å². The van der Waals surface area contributed by atoms with Crippen LogP contribution in [0, 0.1) is 30.7 Å². The van der Waals surface area contributed by atoms with E-state index >= 15 is 0 Å². The maximum Gasteiger partial charge on any atom is 0.0459 e. The smallest absolute Gasteiger partial charge is 0.0459 e. The Balaban J connectivity index is 0.000000171. The van der Waals surface area contributed by atoms with Crippen LogP contribution in [0.25, 0.3) is 33.3 Å². The second-order valence-electron chi connectivity index (χ2n) is 8.90. The summed E-state index contributed by atoms with van der Waals surface area (Å²) in [7, 11) is 0. The van der Waals surface area contributed by atoms with E-state index in [2.05, 4.69) is 48.1 Å². The molecule has 2 heterocycles. The summed E-state index contributed by atoms with van der Waals surface area (Å²) in [6.45, 7) is 6.10. The molecule has 2 aromatic heterocycles. The Hall–Kier alpha value is -3.27. The van der Waals surface area contributed by atoms with E-state index < -0.39 is 0 Å². The molecule has 0 aliphatic heterocycles. The summed E-state index contributed by atoms with van der Waals surface area (Å²) in [5.41, 5.74) is 5.62. The van der Waals surface area contributed by atoms with Gasteiger partial charge in [-0.05, 0) is 52.2 Å². The second-order valence-corrected chi connectivity index (χ2v) is 8.90. The Labute approximate surface area is 217 Å². The van der Waals surface area contributed by atoms with Gasteiger partial charge in [0.05, 0.1) is 0 Å². The molecule has 1 aliphatic carbocycles. The van der Waals surface area contributed by atoms with Gasteiger partial charge >= 0.3 is 0 Å². The number of pyridine rings is 2. The molecule has 3 aromatic carbocycles. The van der Waals surface area contributed by atoms with E-state index in [1.807, 2.05) is 31.2 Å². The van der Waals surface area contributed by atoms with E-state index in [9.17, 15) is 8.78 Å². The molecular formula is C30H22F2IrN2-2. The maximum atomic E-state index is 14.4. The summed E-state index contributed by atoms with van der Waals surface area (Å²) in [6.07, 6.45) is 3.49. The number of aromatic nitrogens is 2. The molecule has 0 bridgehead atoms. The predicted octanol–water partition coefficient (Wildman–Crippen LogP) is 7.47. The molecule has 0 saturated carbocycles. The molecule has 177 valence electrons. The average molecular weight is 641 g/mol. The van der Waals surface area contributed by atoms with Gasteiger partial charge in [0.15, 0.2) is 0 Å². The quantitative estimate of drug-likeness (QED) is 0.178. The number of rotatable bonds is 1. The molecular weight excluding hydrogens is 619 g/mol. The fraction of sp³-hybridized carbons (Fsp3) is 0.133. The molecule has 5 aromatic rings. The van der Waals surface area contributed by atoms with Gasteiger partial charge in [-0.2, -0.15) is 0 Å². The van der Waals surface area contributed by atoms with E-state index in [1.54, 1.807) is 24.5 Å². The van der Waals surface area contributed by atoms with E-state index in [-0.39, 0.29) is 37.2 Å². The minimum absolute atomic E-state index is 0. The van der Waals surface area contributed by atoms with Gasteiger partial charge in [-0.1, -0.05) is 49.2 Å². The molecule has 5 heteroatoms. The maximum absolute atomic E-state index is 14.4. The molecule has 1 aliphatic rings. The molecule has 35 heavy (non-hydrogen) atoms. The first-order valence-electron chi connectivity index (χ1n) is 11.1. The molecule has 0 amide bonds. The zero-order valence-electron chi connectivity index (χ0n) is 19.5. The Bertz CT molecular complexity index is 1480. The summed E-state index contributed by atoms with van der Waals surface area (Å²) < 4.78 is 27.3. The molecule has 0 N–H and O–H groups in total. The number of aryl methyl sites for hydroxylation is 1. The van der Waals surface area contributed by atoms with Gasteiger partial charge in [0, 0.05) is 44.1 Å². The van der Waals surface area contributed by atoms with Crippen LogP contribution in [0.5, 0.6) is 0 Å². The molecule has 2 nitrogen and oxygen atoms in total. The molecule has 1 radical (unpaired) electrons. The van der Waals surface area contributed by atoms with Crippen molar-refractivity contribution in [2.75, 3.05) is 0 Å². The molecule has 6 rings (SSSR count). The van der Waals surface area contributed by atoms with Crippen molar-refractivity contribution in [1.29, 1.82) is 0 Å². The fourth-order valence-corrected chi connectivity index (χ4v) is 4.62. The number of fused-ring (bicyclic) bond motifs is 2. The number of hydrogen-bond donors (Lipinski definition) is 0. The van der Waals surface area contributed by atoms with Crippen LogP contribution in [0.15, 0.2) is 79.1 Å². The van der Waals surface area contributed by atoms with E-state index in [0.717, 1.165) is 38.9 Å². The number of nitrogens with zero attached hydrogens (tertiary/aromatic N) is 2. The van der Waals surface area contributed by atoms with Crippen LogP contribution in [0.1, 0.15) is 30.5 Å². The Morgan fingerprint density at radius 2 is 1.63 bits per heavy atom. The Morgan fingerprint density at radius 1 is 0.857 bits per heavy atom. The zero-order valence-corrected chi connectivity index (χ0v) is 21.9. The first kappa shape index (κ1) is 24.8. The molecule has 0 fully saturated rings. The van der Waals surface area contributed by atoms with Crippen molar-refractivity contribution >= 4 is 10.8 Å². The fourth-order valence-electron chi connectivity index (χ4n) is 4.62. The summed E-state index contributed by atoms with van der Waals surface area (Å²) in [4.78, 5) is 8.64. The van der Waals surface area contributed by atoms with Crippen LogP contribution in [0.2, 0.25) is 0 Å². The van der Waals surface area contributed by atoms with Gasteiger partial charge in [-0.15, -0.1) is 53.6 Å². The summed E-state index contributed by atoms with van der Waals surface area (Å²) in [5.74, 6) is -0.445. The Morgan fingerprint density at radius 3 is 2.40 bits per heavy atom. The van der Waals surface area contributed by atoms with Gasteiger partial charge < -0.3 is 9.97 Å². The van der Waals surface area contributed by atoms with Crippen molar-refractivity contribution in [2.45, 2.75) is 26.2 Å². The van der Waals surface area contributed by atoms with Crippen molar-refractivity contribution in [2.24, 2.45) is 0 Å². The first-order valence-corrected chi connectivity index (χ1v) is 11.1. The molecule has 0 atom stereocenters. The standard InChI is InChI=1S/C18H13FN.C12H9FN.Ir/c1-18(2)13-7-3-5-11-9-10-20-17(15(11)13)12-6-4-8-14(19)16(12)18;1-9-5-6-14-12(7-9)10-3-2-4-11(13)8-10;/h3-5,7-10H,1-2H3;2,4-8H,1H3;/q2*-1;. The Kier molecular flexibility index (Phi) is 6.93. The van der Waals surface area contributed by atoms with E-state index in [4.69, 9.17) is 0 Å². The summed E-state index contributed by atoms with van der Waals surface area (Å²) in [6, 6.07) is 25.6. The summed E-state index contributed by atoms with van der Waals surface area (Å²) in [5, 5.41) is 2.26. The van der Waals surface area contributed by atoms with Gasteiger partial charge in [0.25, 0.3) is 0 Å². The van der Waals surface area contributed by atoms with Gasteiger partial charge in [-0.3, -0.25) is 0 Å². The second kappa shape index (κ2) is 9.77. The van der Waals surface area contributed by atoms with Gasteiger partial charge in [0.2, 0.25) is 0 Å². The van der Waals surface area contributed by atoms with E-state index in [1.165, 1.54) is 18.2 Å². The third kappa shape index (κ3) is 4.54. The number of halogens is 2. The van der Waals surface area contributed by atoms with Gasteiger partial charge in [0.1, 0.15) is 0 Å². The van der Waals surface area contributed by atoms with Crippen LogP contribution < -0.4 is 0 Å². The van der Waals surface area contributed by atoms with Crippen molar-refractivity contribution in [3.8, 4) is 22.5 Å². The average Bonchev–Trinajstić information content (AvgIpc) is 2.83. The van der Waals surface area contributed by atoms with Crippen molar-refractivity contribution in [3.05, 3.63) is 120 Å². The summed E-state index contributed by atoms with van der Waals surface area (Å²) >= 11 is 0. The molecule has 0 saturated heterocycles. The normalized spacial score (nSPS) is 12.7. The third-order valence-corrected chi connectivity index (χ3v) is 6.23. The van der Waals surface area contributed by atoms with Crippen LogP contribution in [0.4, 0.5) is 8.78 Å². The first-order chi connectivity index (χ1) is 16.4. The third-order valence-electron chi connectivity index (χ3n) is 6.23. The van der Waals surface area contributed by atoms with Crippen LogP contribution in [-0.2, 0) is 25.5 Å². The topological polar surface area (TPSA) is 25.8 Å². The number of benzene rings is 3. The minimum atomic E-state index is -0.382. The minimum Gasteiger partial charge on any atom is -0.305 e. The van der Waals surface area contributed by atoms with Crippen molar-refractivity contribution in [3.63, 3.8) is 0 Å². The monoisotopic (exact) mass is 641 g/mol. The largest absolute Gasteiger partial charge is 0.305 e. The molecule has 0 unspecified atom stereocenters. The van der Waals surface area contributed by atoms with Crippen molar-refractivity contribution < 1.29 is 28.9 Å². The van der Waals surface area contributed by atoms with E-state index in [0.29, 0.717) is 11.1 Å². The zero-order chi connectivity index (χ0) is 23.9. The number of hydrogen-bond acceptors (Lipinski definition) is 2. The SMILES string of the molecule is CC1(C)c2c([c-]ccc2F)-c2nccc3cccc1c23.Cc1ccnc(-c2[c-]ccc(F)c2)c1.[Ir]. The van der Waals surface area contributed by atoms with Crippen LogP contribution in [0.3, 0.4) is 0 Å². The predicted molar refractivity (Wildman–Crippen MR) is 131 cm³/mol. The van der Waals surface area contributed by atoms with Crippen LogP contribution in [-0.4, -0.2) is 9.97 Å². The molecule has 0 spiro atoms. The van der Waals surface area contributed by atoms with Gasteiger partial charge in [-0.25, -0.2) is 8.78 Å².